The van der Waals surface area contributed by atoms with Crippen molar-refractivity contribution in [3.63, 3.8) is 0 Å². The van der Waals surface area contributed by atoms with Gasteiger partial charge in [-0.05, 0) is 32.1 Å². The van der Waals surface area contributed by atoms with Crippen molar-refractivity contribution < 1.29 is 19.4 Å². The van der Waals surface area contributed by atoms with Gasteiger partial charge in [-0.25, -0.2) is 0 Å². The Balaban J connectivity index is 2.70. The number of methoxy groups -OCH3 is 1. The monoisotopic (exact) mass is 285 g/mol. The summed E-state index contributed by atoms with van der Waals surface area (Å²) in [6.07, 6.45) is 3.63. The number of hydrogen-bond donors (Lipinski definition) is 1. The number of ether oxygens (including phenoxy) is 1. The second kappa shape index (κ2) is 8.25. The number of carbonyl (C=O) groups is 2. The van der Waals surface area contributed by atoms with Gasteiger partial charge in [0.2, 0.25) is 5.91 Å². The maximum absolute atomic E-state index is 12.7. The van der Waals surface area contributed by atoms with Crippen LogP contribution in [0.2, 0.25) is 0 Å². The van der Waals surface area contributed by atoms with Crippen LogP contribution in [0.1, 0.15) is 46.0 Å². The van der Waals surface area contributed by atoms with Crippen molar-refractivity contribution in [1.82, 2.24) is 4.90 Å². The number of aliphatic carboxylic acids is 1. The molecule has 0 bridgehead atoms. The van der Waals surface area contributed by atoms with E-state index in [9.17, 15) is 9.59 Å². The fourth-order valence-electron chi connectivity index (χ4n) is 3.06. The molecule has 0 radical (unpaired) electrons. The van der Waals surface area contributed by atoms with E-state index in [2.05, 4.69) is 13.8 Å². The van der Waals surface area contributed by atoms with Gasteiger partial charge in [0.05, 0.1) is 12.5 Å². The van der Waals surface area contributed by atoms with Crippen molar-refractivity contribution in [2.45, 2.75) is 52.0 Å². The third kappa shape index (κ3) is 4.20. The average molecular weight is 285 g/mol. The van der Waals surface area contributed by atoms with Crippen molar-refractivity contribution in [3.05, 3.63) is 0 Å². The van der Waals surface area contributed by atoms with E-state index < -0.39 is 5.97 Å². The Kier molecular flexibility index (Phi) is 6.99. The van der Waals surface area contributed by atoms with Gasteiger partial charge in [-0.3, -0.25) is 9.59 Å². The molecule has 1 aliphatic carbocycles. The first-order chi connectivity index (χ1) is 9.54. The first kappa shape index (κ1) is 17.0. The number of rotatable bonds is 8. The van der Waals surface area contributed by atoms with Crippen molar-refractivity contribution in [2.24, 2.45) is 11.8 Å². The maximum atomic E-state index is 12.7. The average Bonchev–Trinajstić information content (AvgIpc) is 2.92. The number of carboxylic acids is 1. The molecule has 0 spiro atoms. The molecular weight excluding hydrogens is 258 g/mol. The van der Waals surface area contributed by atoms with Crippen LogP contribution in [0.3, 0.4) is 0 Å². The van der Waals surface area contributed by atoms with Gasteiger partial charge in [-0.2, -0.15) is 0 Å². The van der Waals surface area contributed by atoms with Gasteiger partial charge in [-0.1, -0.05) is 13.8 Å². The second-order valence-electron chi connectivity index (χ2n) is 5.54. The van der Waals surface area contributed by atoms with E-state index in [4.69, 9.17) is 9.84 Å². The molecule has 0 aromatic rings. The lowest BCUT2D eigenvalue weighted by molar-refractivity contribution is -0.142. The first-order valence-electron chi connectivity index (χ1n) is 7.57. The molecule has 0 aliphatic heterocycles. The Hall–Kier alpha value is -1.10. The molecule has 1 rings (SSSR count). The van der Waals surface area contributed by atoms with Gasteiger partial charge >= 0.3 is 5.97 Å². The lowest BCUT2D eigenvalue weighted by atomic mass is 10.0. The van der Waals surface area contributed by atoms with E-state index in [-0.39, 0.29) is 23.8 Å². The normalized spacial score (nSPS) is 22.2. The molecule has 2 unspecified atom stereocenters. The summed E-state index contributed by atoms with van der Waals surface area (Å²) < 4.78 is 5.10. The molecule has 0 aromatic carbocycles. The quantitative estimate of drug-likeness (QED) is 0.742. The lowest BCUT2D eigenvalue weighted by Gasteiger charge is -2.32. The third-order valence-corrected chi connectivity index (χ3v) is 4.33. The van der Waals surface area contributed by atoms with Crippen LogP contribution in [0.15, 0.2) is 0 Å². The van der Waals surface area contributed by atoms with Gasteiger partial charge in [0, 0.05) is 25.6 Å². The fourth-order valence-corrected chi connectivity index (χ4v) is 3.06. The van der Waals surface area contributed by atoms with Crippen LogP contribution in [0.25, 0.3) is 0 Å². The molecule has 5 nitrogen and oxygen atoms in total. The van der Waals surface area contributed by atoms with Crippen LogP contribution >= 0.6 is 0 Å². The zero-order valence-corrected chi connectivity index (χ0v) is 12.8. The summed E-state index contributed by atoms with van der Waals surface area (Å²) >= 11 is 0. The molecular formula is C15H27NO4. The van der Waals surface area contributed by atoms with Crippen LogP contribution in [0.4, 0.5) is 0 Å². The van der Waals surface area contributed by atoms with Crippen LogP contribution in [0, 0.1) is 11.8 Å². The Morgan fingerprint density at radius 3 is 2.30 bits per heavy atom. The molecule has 1 aliphatic rings. The van der Waals surface area contributed by atoms with Crippen molar-refractivity contribution in [3.8, 4) is 0 Å². The summed E-state index contributed by atoms with van der Waals surface area (Å²) in [5, 5.41) is 9.05. The Morgan fingerprint density at radius 1 is 1.25 bits per heavy atom. The largest absolute Gasteiger partial charge is 0.481 e. The smallest absolute Gasteiger partial charge is 0.306 e. The maximum Gasteiger partial charge on any atom is 0.306 e. The Labute approximate surface area is 121 Å². The standard InChI is InChI=1S/C15H27NO4/c1-4-13(5-2)16(8-9-20-3)14(17)11-6-7-12(10-11)15(18)19/h11-13H,4-10H2,1-3H3,(H,18,19). The van der Waals surface area contributed by atoms with Gasteiger partial charge in [0.1, 0.15) is 0 Å². The predicted molar refractivity (Wildman–Crippen MR) is 76.4 cm³/mol. The summed E-state index contributed by atoms with van der Waals surface area (Å²) in [4.78, 5) is 25.6. The number of carboxylic acid groups (broad SMARTS) is 1. The molecule has 20 heavy (non-hydrogen) atoms. The van der Waals surface area contributed by atoms with Crippen molar-refractivity contribution in [2.75, 3.05) is 20.3 Å². The molecule has 1 N–H and O–H groups in total. The molecule has 0 saturated heterocycles. The van der Waals surface area contributed by atoms with Gasteiger partial charge in [0.25, 0.3) is 0 Å². The van der Waals surface area contributed by atoms with Crippen molar-refractivity contribution >= 4 is 11.9 Å². The molecule has 0 aromatic heterocycles. The van der Waals surface area contributed by atoms with Gasteiger partial charge in [-0.15, -0.1) is 0 Å². The molecule has 5 heteroatoms. The minimum Gasteiger partial charge on any atom is -0.481 e. The van der Waals surface area contributed by atoms with E-state index >= 15 is 0 Å². The highest BCUT2D eigenvalue weighted by Gasteiger charge is 2.36. The van der Waals surface area contributed by atoms with E-state index in [1.54, 1.807) is 7.11 Å². The summed E-state index contributed by atoms with van der Waals surface area (Å²) in [6.45, 7) is 5.28. The summed E-state index contributed by atoms with van der Waals surface area (Å²) in [5.74, 6) is -1.14. The van der Waals surface area contributed by atoms with Gasteiger partial charge in [0.15, 0.2) is 0 Å². The molecule has 116 valence electrons. The molecule has 0 heterocycles. The molecule has 1 fully saturated rings. The van der Waals surface area contributed by atoms with E-state index in [1.807, 2.05) is 4.90 Å². The zero-order chi connectivity index (χ0) is 15.1. The Bertz CT molecular complexity index is 328. The number of amides is 1. The predicted octanol–water partition coefficient (Wildman–Crippen LogP) is 2.15. The fraction of sp³-hybridized carbons (Fsp3) is 0.867. The minimum absolute atomic E-state index is 0.111. The zero-order valence-electron chi connectivity index (χ0n) is 12.8. The number of nitrogens with zero attached hydrogens (tertiary/aromatic N) is 1. The first-order valence-corrected chi connectivity index (χ1v) is 7.57. The molecule has 1 amide bonds. The van der Waals surface area contributed by atoms with Gasteiger partial charge < -0.3 is 14.7 Å². The van der Waals surface area contributed by atoms with E-state index in [1.165, 1.54) is 0 Å². The summed E-state index contributed by atoms with van der Waals surface area (Å²) in [7, 11) is 1.63. The van der Waals surface area contributed by atoms with Crippen LogP contribution in [-0.2, 0) is 14.3 Å². The number of hydrogen-bond acceptors (Lipinski definition) is 3. The van der Waals surface area contributed by atoms with E-state index in [0.29, 0.717) is 32.4 Å². The molecule has 2 atom stereocenters. The Morgan fingerprint density at radius 2 is 1.85 bits per heavy atom. The second-order valence-corrected chi connectivity index (χ2v) is 5.54. The number of carbonyl (C=O) groups excluding carboxylic acids is 1. The summed E-state index contributed by atoms with van der Waals surface area (Å²) in [5.41, 5.74) is 0. The molecule has 1 saturated carbocycles. The minimum atomic E-state index is -0.772. The lowest BCUT2D eigenvalue weighted by Crippen LogP contribution is -2.44. The highest BCUT2D eigenvalue weighted by Crippen LogP contribution is 2.33. The van der Waals surface area contributed by atoms with Crippen LogP contribution in [0.5, 0.6) is 0 Å². The van der Waals surface area contributed by atoms with Crippen LogP contribution in [-0.4, -0.2) is 48.2 Å². The van der Waals surface area contributed by atoms with Crippen molar-refractivity contribution in [1.29, 1.82) is 0 Å². The SMILES string of the molecule is CCC(CC)N(CCOC)C(=O)C1CCC(C(=O)O)C1. The van der Waals surface area contributed by atoms with Crippen LogP contribution < -0.4 is 0 Å². The highest BCUT2D eigenvalue weighted by atomic mass is 16.5. The highest BCUT2D eigenvalue weighted by molar-refractivity contribution is 5.81. The summed E-state index contributed by atoms with van der Waals surface area (Å²) in [6, 6.07) is 0.224. The third-order valence-electron chi connectivity index (χ3n) is 4.33. The van der Waals surface area contributed by atoms with E-state index in [0.717, 1.165) is 12.8 Å². The topological polar surface area (TPSA) is 66.8 Å².